The quantitative estimate of drug-likeness (QED) is 0.867. The van der Waals surface area contributed by atoms with Crippen LogP contribution in [0.3, 0.4) is 0 Å². The van der Waals surface area contributed by atoms with Gasteiger partial charge < -0.3 is 11.1 Å². The average molecular weight is 273 g/mol. The molecule has 3 N–H and O–H groups in total. The van der Waals surface area contributed by atoms with E-state index in [2.05, 4.69) is 10.4 Å². The summed E-state index contributed by atoms with van der Waals surface area (Å²) in [5, 5.41) is 7.18. The number of aryl methyl sites for hydroxylation is 1. The van der Waals surface area contributed by atoms with Crippen LogP contribution in [0.5, 0.6) is 0 Å². The molecule has 1 aromatic heterocycles. The summed E-state index contributed by atoms with van der Waals surface area (Å²) >= 11 is 0. The van der Waals surface area contributed by atoms with Crippen LogP contribution in [0.2, 0.25) is 0 Å². The number of hydrogen-bond acceptors (Lipinski definition) is 3. The summed E-state index contributed by atoms with van der Waals surface area (Å²) in [4.78, 5) is 12.2. The normalized spacial score (nSPS) is 17.3. The average Bonchev–Trinajstić information content (AvgIpc) is 2.89. The van der Waals surface area contributed by atoms with Crippen LogP contribution in [0.4, 0.5) is 0 Å². The van der Waals surface area contributed by atoms with Gasteiger partial charge in [0.25, 0.3) is 5.91 Å². The highest BCUT2D eigenvalue weighted by Crippen LogP contribution is 2.29. The van der Waals surface area contributed by atoms with E-state index in [-0.39, 0.29) is 23.9 Å². The summed E-state index contributed by atoms with van der Waals surface area (Å²) < 4.78 is 1.71. The minimum atomic E-state index is -0.195. The number of nitrogens with two attached hydrogens (primary N) is 1. The molecule has 2 rings (SSSR count). The summed E-state index contributed by atoms with van der Waals surface area (Å²) in [6.07, 6.45) is 5.86. The monoisotopic (exact) mass is 272 g/mol. The first-order valence-electron chi connectivity index (χ1n) is 6.09. The Labute approximate surface area is 114 Å². The number of hydrogen-bond donors (Lipinski definition) is 2. The fourth-order valence-electron chi connectivity index (χ4n) is 2.46. The Bertz CT molecular complexity index is 424. The summed E-state index contributed by atoms with van der Waals surface area (Å²) in [6, 6.07) is 0. The molecule has 1 aliphatic carbocycles. The number of aromatic nitrogens is 2. The molecule has 0 unspecified atom stereocenters. The van der Waals surface area contributed by atoms with Crippen molar-refractivity contribution in [1.29, 1.82) is 0 Å². The van der Waals surface area contributed by atoms with E-state index in [0.717, 1.165) is 31.4 Å². The molecule has 0 bridgehead atoms. The molecule has 0 aliphatic heterocycles. The second-order valence-electron chi connectivity index (χ2n) is 4.91. The number of rotatable bonds is 3. The van der Waals surface area contributed by atoms with Gasteiger partial charge in [0.15, 0.2) is 0 Å². The van der Waals surface area contributed by atoms with Gasteiger partial charge in [0, 0.05) is 19.3 Å². The standard InChI is InChI=1S/C12H20N4O.ClH/c1-9-10(7-14-16(9)2)11(17)15-12(8-13)5-3-4-6-12;/h7H,3-6,8,13H2,1-2H3,(H,15,17);1H. The van der Waals surface area contributed by atoms with Gasteiger partial charge in [-0.15, -0.1) is 12.4 Å². The van der Waals surface area contributed by atoms with Crippen molar-refractivity contribution < 1.29 is 4.79 Å². The van der Waals surface area contributed by atoms with Crippen molar-refractivity contribution in [3.63, 3.8) is 0 Å². The summed E-state index contributed by atoms with van der Waals surface area (Å²) in [6.45, 7) is 2.41. The highest BCUT2D eigenvalue weighted by molar-refractivity contribution is 5.95. The van der Waals surface area contributed by atoms with Crippen LogP contribution >= 0.6 is 12.4 Å². The maximum atomic E-state index is 12.2. The summed E-state index contributed by atoms with van der Waals surface area (Å²) in [7, 11) is 1.83. The zero-order chi connectivity index (χ0) is 12.5. The van der Waals surface area contributed by atoms with E-state index in [9.17, 15) is 4.79 Å². The molecule has 0 aromatic carbocycles. The third-order valence-corrected chi connectivity index (χ3v) is 3.81. The van der Waals surface area contributed by atoms with E-state index in [0.29, 0.717) is 12.1 Å². The van der Waals surface area contributed by atoms with E-state index >= 15 is 0 Å². The first-order valence-corrected chi connectivity index (χ1v) is 6.09. The number of halogens is 1. The zero-order valence-electron chi connectivity index (χ0n) is 10.9. The van der Waals surface area contributed by atoms with Gasteiger partial charge in [-0.3, -0.25) is 9.48 Å². The van der Waals surface area contributed by atoms with Crippen LogP contribution < -0.4 is 11.1 Å². The number of nitrogens with zero attached hydrogens (tertiary/aromatic N) is 2. The zero-order valence-corrected chi connectivity index (χ0v) is 11.7. The Kier molecular flexibility index (Phi) is 4.76. The van der Waals surface area contributed by atoms with Crippen molar-refractivity contribution in [1.82, 2.24) is 15.1 Å². The number of carbonyl (C=O) groups is 1. The van der Waals surface area contributed by atoms with Crippen LogP contribution in [-0.2, 0) is 7.05 Å². The molecule has 0 saturated heterocycles. The van der Waals surface area contributed by atoms with E-state index in [1.165, 1.54) is 0 Å². The first kappa shape index (κ1) is 15.0. The molecule has 1 aromatic rings. The molecule has 5 nitrogen and oxygen atoms in total. The fourth-order valence-corrected chi connectivity index (χ4v) is 2.46. The highest BCUT2D eigenvalue weighted by Gasteiger charge is 2.34. The molecule has 1 aliphatic rings. The minimum Gasteiger partial charge on any atom is -0.345 e. The van der Waals surface area contributed by atoms with Crippen molar-refractivity contribution >= 4 is 18.3 Å². The number of nitrogens with one attached hydrogen (secondary N) is 1. The lowest BCUT2D eigenvalue weighted by molar-refractivity contribution is 0.0902. The molecule has 1 saturated carbocycles. The molecule has 0 radical (unpaired) electrons. The van der Waals surface area contributed by atoms with Crippen molar-refractivity contribution in [2.75, 3.05) is 6.54 Å². The maximum absolute atomic E-state index is 12.2. The molecular weight excluding hydrogens is 252 g/mol. The van der Waals surface area contributed by atoms with Crippen LogP contribution in [-0.4, -0.2) is 27.8 Å². The molecule has 1 heterocycles. The van der Waals surface area contributed by atoms with Crippen LogP contribution in [0.1, 0.15) is 41.7 Å². The Hall–Kier alpha value is -1.07. The lowest BCUT2D eigenvalue weighted by atomic mass is 9.97. The van der Waals surface area contributed by atoms with Crippen molar-refractivity contribution in [3.05, 3.63) is 17.5 Å². The largest absolute Gasteiger partial charge is 0.345 e. The van der Waals surface area contributed by atoms with Gasteiger partial charge >= 0.3 is 0 Å². The Balaban J connectivity index is 0.00000162. The van der Waals surface area contributed by atoms with Crippen molar-refractivity contribution in [2.24, 2.45) is 12.8 Å². The second kappa shape index (κ2) is 5.71. The Morgan fingerprint density at radius 2 is 2.17 bits per heavy atom. The van der Waals surface area contributed by atoms with E-state index < -0.39 is 0 Å². The molecule has 0 atom stereocenters. The molecule has 18 heavy (non-hydrogen) atoms. The topological polar surface area (TPSA) is 72.9 Å². The predicted molar refractivity (Wildman–Crippen MR) is 72.9 cm³/mol. The molecule has 6 heteroatoms. The molecule has 1 fully saturated rings. The van der Waals surface area contributed by atoms with Gasteiger partial charge in [0.1, 0.15) is 0 Å². The summed E-state index contributed by atoms with van der Waals surface area (Å²) in [5.41, 5.74) is 7.14. The van der Waals surface area contributed by atoms with Gasteiger partial charge in [-0.2, -0.15) is 5.10 Å². The van der Waals surface area contributed by atoms with Gasteiger partial charge in [-0.25, -0.2) is 0 Å². The first-order chi connectivity index (χ1) is 8.08. The molecular formula is C12H21ClN4O. The lowest BCUT2D eigenvalue weighted by Crippen LogP contribution is -2.51. The van der Waals surface area contributed by atoms with Gasteiger partial charge in [-0.1, -0.05) is 12.8 Å². The van der Waals surface area contributed by atoms with Gasteiger partial charge in [0.05, 0.1) is 17.3 Å². The van der Waals surface area contributed by atoms with Gasteiger partial charge in [-0.05, 0) is 19.8 Å². The van der Waals surface area contributed by atoms with Crippen LogP contribution in [0.15, 0.2) is 6.20 Å². The van der Waals surface area contributed by atoms with E-state index in [4.69, 9.17) is 5.73 Å². The van der Waals surface area contributed by atoms with E-state index in [1.54, 1.807) is 10.9 Å². The van der Waals surface area contributed by atoms with Crippen LogP contribution in [0, 0.1) is 6.92 Å². The number of amides is 1. The minimum absolute atomic E-state index is 0. The predicted octanol–water partition coefficient (Wildman–Crippen LogP) is 1.15. The third-order valence-electron chi connectivity index (χ3n) is 3.81. The fraction of sp³-hybridized carbons (Fsp3) is 0.667. The van der Waals surface area contributed by atoms with Crippen molar-refractivity contribution in [2.45, 2.75) is 38.1 Å². The molecule has 0 spiro atoms. The smallest absolute Gasteiger partial charge is 0.255 e. The van der Waals surface area contributed by atoms with E-state index in [1.807, 2.05) is 14.0 Å². The SMILES string of the molecule is Cc1c(C(=O)NC2(CN)CCCC2)cnn1C.Cl. The molecule has 1 amide bonds. The van der Waals surface area contributed by atoms with Crippen molar-refractivity contribution in [3.8, 4) is 0 Å². The lowest BCUT2D eigenvalue weighted by Gasteiger charge is -2.28. The Morgan fingerprint density at radius 1 is 1.56 bits per heavy atom. The molecule has 102 valence electrons. The second-order valence-corrected chi connectivity index (χ2v) is 4.91. The number of carbonyl (C=O) groups excluding carboxylic acids is 1. The van der Waals surface area contributed by atoms with Crippen LogP contribution in [0.25, 0.3) is 0 Å². The summed E-state index contributed by atoms with van der Waals surface area (Å²) in [5.74, 6) is -0.0528. The maximum Gasteiger partial charge on any atom is 0.255 e. The third kappa shape index (κ3) is 2.67. The van der Waals surface area contributed by atoms with Gasteiger partial charge in [0.2, 0.25) is 0 Å². The highest BCUT2D eigenvalue weighted by atomic mass is 35.5. The Morgan fingerprint density at radius 3 is 2.61 bits per heavy atom.